The topological polar surface area (TPSA) is 65.8 Å². The fourth-order valence-electron chi connectivity index (χ4n) is 1.52. The lowest BCUT2D eigenvalue weighted by atomic mass is 10.3. The predicted molar refractivity (Wildman–Crippen MR) is 62.1 cm³/mol. The first-order valence-corrected chi connectivity index (χ1v) is 5.16. The van der Waals surface area contributed by atoms with Crippen molar-refractivity contribution in [1.82, 2.24) is 14.3 Å². The lowest BCUT2D eigenvalue weighted by molar-refractivity contribution is 0.658. The third kappa shape index (κ3) is 2.13. The van der Waals surface area contributed by atoms with Gasteiger partial charge < -0.3 is 10.3 Å². The lowest BCUT2D eigenvalue weighted by Crippen LogP contribution is -2.11. The van der Waals surface area contributed by atoms with Gasteiger partial charge in [0.05, 0.1) is 18.4 Å². The summed E-state index contributed by atoms with van der Waals surface area (Å²) in [6.45, 7) is 3.56. The van der Waals surface area contributed by atoms with E-state index < -0.39 is 0 Å². The van der Waals surface area contributed by atoms with Gasteiger partial charge in [0.25, 0.3) is 0 Å². The van der Waals surface area contributed by atoms with E-state index in [1.807, 2.05) is 28.6 Å². The van der Waals surface area contributed by atoms with Gasteiger partial charge in [-0.15, -0.1) is 0 Å². The maximum Gasteiger partial charge on any atom is 0.204 e. The summed E-state index contributed by atoms with van der Waals surface area (Å²) in [5.41, 5.74) is 6.77. The third-order valence-electron chi connectivity index (χ3n) is 2.38. The first-order valence-electron chi connectivity index (χ1n) is 5.16. The zero-order chi connectivity index (χ0) is 11.5. The van der Waals surface area contributed by atoms with E-state index >= 15 is 0 Å². The summed E-state index contributed by atoms with van der Waals surface area (Å²) in [6.07, 6.45) is 7.17. The Bertz CT molecular complexity index is 541. The quantitative estimate of drug-likeness (QED) is 0.824. The number of nitrogens with two attached hydrogens (primary N) is 1. The van der Waals surface area contributed by atoms with Crippen LogP contribution in [0.3, 0.4) is 0 Å². The molecule has 0 bridgehead atoms. The van der Waals surface area contributed by atoms with Crippen LogP contribution in [0.15, 0.2) is 35.6 Å². The monoisotopic (exact) mass is 218 g/mol. The molecular formula is C11H14N4O. The van der Waals surface area contributed by atoms with Gasteiger partial charge in [-0.25, -0.2) is 0 Å². The molecule has 16 heavy (non-hydrogen) atoms. The molecule has 2 N–H and O–H groups in total. The summed E-state index contributed by atoms with van der Waals surface area (Å²) < 4.78 is 3.73. The second-order valence-electron chi connectivity index (χ2n) is 3.64. The highest BCUT2D eigenvalue weighted by molar-refractivity contribution is 5.33. The van der Waals surface area contributed by atoms with Crippen LogP contribution in [0.5, 0.6) is 0 Å². The highest BCUT2D eigenvalue weighted by Gasteiger charge is 1.99. The van der Waals surface area contributed by atoms with Gasteiger partial charge in [0, 0.05) is 36.8 Å². The van der Waals surface area contributed by atoms with E-state index in [1.165, 1.54) is 6.07 Å². The number of anilines is 1. The highest BCUT2D eigenvalue weighted by atomic mass is 16.1. The first kappa shape index (κ1) is 10.5. The molecule has 0 aromatic carbocycles. The molecular weight excluding hydrogens is 204 g/mol. The number of pyridine rings is 1. The molecule has 0 aliphatic carbocycles. The number of aryl methyl sites for hydroxylation is 1. The van der Waals surface area contributed by atoms with E-state index in [4.69, 9.17) is 5.73 Å². The molecule has 0 aliphatic rings. The molecule has 2 rings (SSSR count). The van der Waals surface area contributed by atoms with Crippen molar-refractivity contribution >= 4 is 5.69 Å². The van der Waals surface area contributed by atoms with E-state index in [-0.39, 0.29) is 11.1 Å². The Morgan fingerprint density at radius 1 is 1.44 bits per heavy atom. The van der Waals surface area contributed by atoms with Gasteiger partial charge in [0.2, 0.25) is 5.43 Å². The zero-order valence-corrected chi connectivity index (χ0v) is 9.13. The van der Waals surface area contributed by atoms with Gasteiger partial charge >= 0.3 is 0 Å². The Balaban J connectivity index is 2.20. The Morgan fingerprint density at radius 2 is 2.25 bits per heavy atom. The van der Waals surface area contributed by atoms with Crippen molar-refractivity contribution in [3.63, 3.8) is 0 Å². The fourth-order valence-corrected chi connectivity index (χ4v) is 1.52. The first-order chi connectivity index (χ1) is 7.69. The summed E-state index contributed by atoms with van der Waals surface area (Å²) in [4.78, 5) is 11.1. The van der Waals surface area contributed by atoms with E-state index in [1.54, 1.807) is 12.4 Å². The number of nitrogen functional groups attached to an aromatic ring is 1. The minimum Gasteiger partial charge on any atom is -0.394 e. The number of nitrogens with zero attached hydrogens (tertiary/aromatic N) is 3. The van der Waals surface area contributed by atoms with Gasteiger partial charge in [0.15, 0.2) is 0 Å². The van der Waals surface area contributed by atoms with E-state index in [0.717, 1.165) is 12.1 Å². The van der Waals surface area contributed by atoms with E-state index in [2.05, 4.69) is 5.10 Å². The average molecular weight is 218 g/mol. The summed E-state index contributed by atoms with van der Waals surface area (Å²) in [5.74, 6) is 0. The molecule has 0 spiro atoms. The van der Waals surface area contributed by atoms with Crippen molar-refractivity contribution in [3.8, 4) is 0 Å². The van der Waals surface area contributed by atoms with Crippen molar-refractivity contribution in [2.24, 2.45) is 0 Å². The molecule has 0 aliphatic heterocycles. The SMILES string of the molecule is CCn1cc(Cn2ccc(=O)c(N)c2)cn1. The third-order valence-corrected chi connectivity index (χ3v) is 2.38. The van der Waals surface area contributed by atoms with Crippen molar-refractivity contribution in [1.29, 1.82) is 0 Å². The van der Waals surface area contributed by atoms with Crippen LogP contribution in [-0.2, 0) is 13.1 Å². The summed E-state index contributed by atoms with van der Waals surface area (Å²) in [5, 5.41) is 4.18. The molecule has 84 valence electrons. The van der Waals surface area contributed by atoms with Gasteiger partial charge in [-0.3, -0.25) is 9.48 Å². The van der Waals surface area contributed by atoms with Crippen LogP contribution in [-0.4, -0.2) is 14.3 Å². The summed E-state index contributed by atoms with van der Waals surface area (Å²) in [6, 6.07) is 1.47. The normalized spacial score (nSPS) is 10.6. The molecule has 2 aromatic rings. The largest absolute Gasteiger partial charge is 0.394 e. The molecule has 2 aromatic heterocycles. The lowest BCUT2D eigenvalue weighted by Gasteiger charge is -2.04. The van der Waals surface area contributed by atoms with Gasteiger partial charge in [-0.05, 0) is 6.92 Å². The van der Waals surface area contributed by atoms with Crippen molar-refractivity contribution in [2.45, 2.75) is 20.0 Å². The van der Waals surface area contributed by atoms with Crippen LogP contribution in [0.2, 0.25) is 0 Å². The molecule has 5 heteroatoms. The van der Waals surface area contributed by atoms with Crippen LogP contribution < -0.4 is 11.2 Å². The van der Waals surface area contributed by atoms with Crippen molar-refractivity contribution in [2.75, 3.05) is 5.73 Å². The molecule has 2 heterocycles. The van der Waals surface area contributed by atoms with Crippen LogP contribution in [0.25, 0.3) is 0 Å². The van der Waals surface area contributed by atoms with Crippen LogP contribution >= 0.6 is 0 Å². The summed E-state index contributed by atoms with van der Waals surface area (Å²) >= 11 is 0. The predicted octanol–water partition coefficient (Wildman–Crippen LogP) is 0.695. The minimum atomic E-state index is -0.138. The minimum absolute atomic E-state index is 0.138. The Hall–Kier alpha value is -2.04. The number of hydrogen-bond acceptors (Lipinski definition) is 3. The molecule has 0 amide bonds. The van der Waals surface area contributed by atoms with Gasteiger partial charge in [0.1, 0.15) is 0 Å². The molecule has 0 atom stereocenters. The maximum absolute atomic E-state index is 11.1. The molecule has 5 nitrogen and oxygen atoms in total. The number of aromatic nitrogens is 3. The van der Waals surface area contributed by atoms with Gasteiger partial charge in [-0.1, -0.05) is 0 Å². The number of hydrogen-bond donors (Lipinski definition) is 1. The average Bonchev–Trinajstić information content (AvgIpc) is 2.71. The Labute approximate surface area is 93.1 Å². The fraction of sp³-hybridized carbons (Fsp3) is 0.273. The molecule has 0 radical (unpaired) electrons. The number of rotatable bonds is 3. The maximum atomic E-state index is 11.1. The molecule has 0 saturated heterocycles. The molecule has 0 saturated carbocycles. The van der Waals surface area contributed by atoms with Crippen LogP contribution in [0, 0.1) is 0 Å². The van der Waals surface area contributed by atoms with Crippen LogP contribution in [0.4, 0.5) is 5.69 Å². The molecule has 0 unspecified atom stereocenters. The smallest absolute Gasteiger partial charge is 0.204 e. The zero-order valence-electron chi connectivity index (χ0n) is 9.13. The molecule has 0 fully saturated rings. The second kappa shape index (κ2) is 4.22. The second-order valence-corrected chi connectivity index (χ2v) is 3.64. The van der Waals surface area contributed by atoms with Crippen LogP contribution in [0.1, 0.15) is 12.5 Å². The Morgan fingerprint density at radius 3 is 2.88 bits per heavy atom. The van der Waals surface area contributed by atoms with Crippen molar-refractivity contribution < 1.29 is 0 Å². The van der Waals surface area contributed by atoms with Crippen molar-refractivity contribution in [3.05, 3.63) is 46.6 Å². The summed E-state index contributed by atoms with van der Waals surface area (Å²) in [7, 11) is 0. The highest BCUT2D eigenvalue weighted by Crippen LogP contribution is 2.02. The Kier molecular flexibility index (Phi) is 2.76. The van der Waals surface area contributed by atoms with E-state index in [9.17, 15) is 4.79 Å². The van der Waals surface area contributed by atoms with Gasteiger partial charge in [-0.2, -0.15) is 5.10 Å². The standard InChI is InChI=1S/C11H14N4O/c1-2-15-7-9(5-13-15)6-14-4-3-11(16)10(12)8-14/h3-5,7-8H,2,6,12H2,1H3. The van der Waals surface area contributed by atoms with E-state index in [0.29, 0.717) is 6.54 Å².